The van der Waals surface area contributed by atoms with Gasteiger partial charge in [0.2, 0.25) is 6.29 Å². The van der Waals surface area contributed by atoms with Crippen LogP contribution in [0.4, 0.5) is 0 Å². The summed E-state index contributed by atoms with van der Waals surface area (Å²) in [5.74, 6) is -0.749. The zero-order valence-electron chi connectivity index (χ0n) is 28.5. The van der Waals surface area contributed by atoms with Crippen molar-refractivity contribution >= 4 is 5.97 Å². The number of esters is 1. The molecule has 1 saturated heterocycles. The molecule has 10 heteroatoms. The smallest absolute Gasteiger partial charge is 0.315 e. The Morgan fingerprint density at radius 1 is 0.891 bits per heavy atom. The quantitative estimate of drug-likeness (QED) is 0.177. The predicted octanol–water partition coefficient (Wildman–Crippen LogP) is 2.44. The van der Waals surface area contributed by atoms with E-state index >= 15 is 0 Å². The minimum atomic E-state index is -1.70. The molecule has 0 aromatic heterocycles. The SMILES string of the molecule is CC1CCC2(C(=O)O[C@@H]3O[C@H](CO)[C@@H](O)[C@@H](O)[C@H]3O)CCC3(C)C(=CCC4C5(C)CCC(O)C(C)(CO)C5CCC43C)C2C1(C)O. The summed E-state index contributed by atoms with van der Waals surface area (Å²) in [6.07, 6.45) is 0.492. The Morgan fingerprint density at radius 2 is 1.59 bits per heavy atom. The average molecular weight is 651 g/mol. The molecular formula is C36H58O10. The number of hydrogen-bond acceptors (Lipinski definition) is 10. The predicted molar refractivity (Wildman–Crippen MR) is 168 cm³/mol. The molecule has 0 bridgehead atoms. The van der Waals surface area contributed by atoms with Gasteiger partial charge in [-0.25, -0.2) is 0 Å². The molecule has 262 valence electrons. The summed E-state index contributed by atoms with van der Waals surface area (Å²) in [6, 6.07) is 0. The Balaban J connectivity index is 1.39. The molecule has 0 aromatic rings. The maximum atomic E-state index is 14.5. The highest BCUT2D eigenvalue weighted by atomic mass is 16.7. The van der Waals surface area contributed by atoms with E-state index in [1.54, 1.807) is 0 Å². The highest BCUT2D eigenvalue weighted by Crippen LogP contribution is 2.76. The highest BCUT2D eigenvalue weighted by molar-refractivity contribution is 5.79. The molecule has 5 fully saturated rings. The van der Waals surface area contributed by atoms with Crippen molar-refractivity contribution in [2.45, 2.75) is 142 Å². The van der Waals surface area contributed by atoms with Crippen LogP contribution in [0.5, 0.6) is 0 Å². The minimum Gasteiger partial charge on any atom is -0.432 e. The molecule has 0 radical (unpaired) electrons. The highest BCUT2D eigenvalue weighted by Gasteiger charge is 2.72. The summed E-state index contributed by atoms with van der Waals surface area (Å²) in [5.41, 5.74) is -2.34. The van der Waals surface area contributed by atoms with Crippen LogP contribution < -0.4 is 0 Å². The molecule has 6 aliphatic rings. The van der Waals surface area contributed by atoms with Gasteiger partial charge in [-0.05, 0) is 98.7 Å². The van der Waals surface area contributed by atoms with Crippen molar-refractivity contribution in [3.63, 3.8) is 0 Å². The van der Waals surface area contributed by atoms with Crippen LogP contribution in [0.2, 0.25) is 0 Å². The zero-order chi connectivity index (χ0) is 33.8. The first-order valence-corrected chi connectivity index (χ1v) is 17.6. The molecule has 6 rings (SSSR count). The van der Waals surface area contributed by atoms with Crippen LogP contribution in [0.15, 0.2) is 11.6 Å². The van der Waals surface area contributed by atoms with Gasteiger partial charge in [0.05, 0.1) is 30.3 Å². The normalized spacial score (nSPS) is 56.8. The molecule has 0 aromatic carbocycles. The fraction of sp³-hybridized carbons (Fsp3) is 0.917. The molecule has 0 amide bonds. The lowest BCUT2D eigenvalue weighted by atomic mass is 9.33. The number of hydrogen-bond donors (Lipinski definition) is 7. The molecule has 0 spiro atoms. The van der Waals surface area contributed by atoms with E-state index in [9.17, 15) is 40.5 Å². The van der Waals surface area contributed by atoms with Crippen LogP contribution in [0.3, 0.4) is 0 Å². The number of carbonyl (C=O) groups is 1. The number of rotatable bonds is 4. The van der Waals surface area contributed by atoms with E-state index in [2.05, 4.69) is 26.8 Å². The van der Waals surface area contributed by atoms with Crippen molar-refractivity contribution in [1.29, 1.82) is 0 Å². The van der Waals surface area contributed by atoms with Crippen molar-refractivity contribution in [2.24, 2.45) is 50.7 Å². The van der Waals surface area contributed by atoms with E-state index in [0.717, 1.165) is 31.3 Å². The second-order valence-electron chi connectivity index (χ2n) is 17.4. The molecule has 5 aliphatic carbocycles. The van der Waals surface area contributed by atoms with Crippen LogP contribution in [-0.4, -0.2) is 97.3 Å². The van der Waals surface area contributed by atoms with Gasteiger partial charge in [0.15, 0.2) is 0 Å². The topological polar surface area (TPSA) is 177 Å². The van der Waals surface area contributed by atoms with Crippen molar-refractivity contribution in [1.82, 2.24) is 0 Å². The van der Waals surface area contributed by atoms with Crippen molar-refractivity contribution in [3.05, 3.63) is 11.6 Å². The van der Waals surface area contributed by atoms with Gasteiger partial charge in [-0.3, -0.25) is 4.79 Å². The Bertz CT molecular complexity index is 1240. The van der Waals surface area contributed by atoms with Gasteiger partial charge < -0.3 is 45.2 Å². The Hall–Kier alpha value is -1.11. The molecule has 10 nitrogen and oxygen atoms in total. The Morgan fingerprint density at radius 3 is 2.24 bits per heavy atom. The third kappa shape index (κ3) is 4.39. The van der Waals surface area contributed by atoms with Gasteiger partial charge in [0, 0.05) is 11.3 Å². The lowest BCUT2D eigenvalue weighted by Gasteiger charge is -2.72. The second kappa shape index (κ2) is 11.2. The minimum absolute atomic E-state index is 0.0435. The number of carbonyl (C=O) groups excluding carboxylic acids is 1. The Kier molecular flexibility index (Phi) is 8.46. The maximum absolute atomic E-state index is 14.5. The first-order chi connectivity index (χ1) is 21.4. The summed E-state index contributed by atoms with van der Waals surface area (Å²) >= 11 is 0. The Labute approximate surface area is 273 Å². The molecule has 1 aliphatic heterocycles. The zero-order valence-corrected chi connectivity index (χ0v) is 28.5. The lowest BCUT2D eigenvalue weighted by molar-refractivity contribution is -0.299. The number of fused-ring (bicyclic) bond motifs is 7. The van der Waals surface area contributed by atoms with Crippen LogP contribution in [0.1, 0.15) is 99.3 Å². The van der Waals surface area contributed by atoms with Crippen molar-refractivity contribution in [2.75, 3.05) is 13.2 Å². The largest absolute Gasteiger partial charge is 0.432 e. The molecule has 11 unspecified atom stereocenters. The number of aliphatic hydroxyl groups excluding tert-OH is 6. The number of allylic oxidation sites excluding steroid dienone is 1. The van der Waals surface area contributed by atoms with E-state index in [4.69, 9.17) is 9.47 Å². The second-order valence-corrected chi connectivity index (χ2v) is 17.4. The lowest BCUT2D eigenvalue weighted by Crippen LogP contribution is -2.68. The van der Waals surface area contributed by atoms with Gasteiger partial charge in [-0.1, -0.05) is 46.3 Å². The number of aliphatic hydroxyl groups is 7. The van der Waals surface area contributed by atoms with E-state index in [1.807, 2.05) is 20.8 Å². The first-order valence-electron chi connectivity index (χ1n) is 17.6. The summed E-state index contributed by atoms with van der Waals surface area (Å²) in [7, 11) is 0. The van der Waals surface area contributed by atoms with Gasteiger partial charge in [0.1, 0.15) is 24.4 Å². The van der Waals surface area contributed by atoms with E-state index in [-0.39, 0.29) is 34.7 Å². The summed E-state index contributed by atoms with van der Waals surface area (Å²) in [6.45, 7) is 12.3. The summed E-state index contributed by atoms with van der Waals surface area (Å²) < 4.78 is 11.5. The molecule has 1 heterocycles. The third-order valence-corrected chi connectivity index (χ3v) is 15.7. The standard InChI is InChI=1S/C36H58O10/c1-19-9-14-36(30(43)46-29-27(42)26(41)25(40)21(17-37)45-29)16-15-33(4)20(28(36)35(19,6)44)7-8-23-31(2)12-11-24(39)32(3,18-38)22(31)10-13-34(23,33)5/h7,19,21-29,37-42,44H,8-18H2,1-6H3/t19?,21-,22?,23?,24?,25-,26-,27-,28?,29+,31?,32?,33?,34?,35?,36?/m1/s1. The van der Waals surface area contributed by atoms with Gasteiger partial charge in [-0.15, -0.1) is 0 Å². The summed E-state index contributed by atoms with van der Waals surface area (Å²) in [4.78, 5) is 14.5. The fourth-order valence-corrected chi connectivity index (χ4v) is 12.3. The van der Waals surface area contributed by atoms with Crippen molar-refractivity contribution < 1.29 is 50.0 Å². The number of ether oxygens (including phenoxy) is 2. The monoisotopic (exact) mass is 650 g/mol. The van der Waals surface area contributed by atoms with Crippen LogP contribution in [-0.2, 0) is 14.3 Å². The average Bonchev–Trinajstić information content (AvgIpc) is 3.01. The van der Waals surface area contributed by atoms with Gasteiger partial charge >= 0.3 is 5.97 Å². The van der Waals surface area contributed by atoms with E-state index in [1.165, 1.54) is 0 Å². The van der Waals surface area contributed by atoms with E-state index in [0.29, 0.717) is 38.0 Å². The van der Waals surface area contributed by atoms with Crippen molar-refractivity contribution in [3.8, 4) is 0 Å². The molecule has 7 N–H and O–H groups in total. The first kappa shape index (κ1) is 34.7. The maximum Gasteiger partial charge on any atom is 0.315 e. The van der Waals surface area contributed by atoms with Crippen LogP contribution >= 0.6 is 0 Å². The molecule has 4 saturated carbocycles. The molecule has 16 atom stereocenters. The fourth-order valence-electron chi connectivity index (χ4n) is 12.3. The van der Waals surface area contributed by atoms with Crippen LogP contribution in [0.25, 0.3) is 0 Å². The molecular weight excluding hydrogens is 592 g/mol. The summed E-state index contributed by atoms with van der Waals surface area (Å²) in [5, 5.41) is 75.0. The molecule has 46 heavy (non-hydrogen) atoms. The van der Waals surface area contributed by atoms with Gasteiger partial charge in [0.25, 0.3) is 0 Å². The van der Waals surface area contributed by atoms with Gasteiger partial charge in [-0.2, -0.15) is 0 Å². The van der Waals surface area contributed by atoms with Crippen LogP contribution in [0, 0.1) is 50.7 Å². The van der Waals surface area contributed by atoms with E-state index < -0.39 is 71.7 Å². The third-order valence-electron chi connectivity index (χ3n) is 15.7.